The molecule has 0 spiro atoms. The summed E-state index contributed by atoms with van der Waals surface area (Å²) in [6.07, 6.45) is 0. The van der Waals surface area contributed by atoms with Crippen LogP contribution in [0.25, 0.3) is 0 Å². The highest BCUT2D eigenvalue weighted by Crippen LogP contribution is 2.28. The number of carbonyl (C=O) groups excluding carboxylic acids is 3. The van der Waals surface area contributed by atoms with Crippen LogP contribution in [0.15, 0.2) is 29.5 Å². The molecule has 1 heterocycles. The molecule has 0 saturated carbocycles. The average Bonchev–Trinajstić information content (AvgIpc) is 2.66. The zero-order valence-corrected chi connectivity index (χ0v) is 14.5. The zero-order chi connectivity index (χ0) is 19.3. The van der Waals surface area contributed by atoms with Gasteiger partial charge in [-0.05, 0) is 25.1 Å². The molecule has 0 atom stereocenters. The molecule has 1 aliphatic rings. The minimum Gasteiger partial charge on any atom is -0.466 e. The van der Waals surface area contributed by atoms with Gasteiger partial charge >= 0.3 is 17.9 Å². The lowest BCUT2D eigenvalue weighted by Gasteiger charge is -2.31. The van der Waals surface area contributed by atoms with Crippen molar-refractivity contribution in [1.29, 1.82) is 0 Å². The van der Waals surface area contributed by atoms with E-state index in [4.69, 9.17) is 14.2 Å². The van der Waals surface area contributed by atoms with E-state index < -0.39 is 23.7 Å². The molecule has 0 saturated heterocycles. The van der Waals surface area contributed by atoms with E-state index in [0.717, 1.165) is 13.2 Å². The molecule has 1 aromatic rings. The van der Waals surface area contributed by atoms with Gasteiger partial charge in [0, 0.05) is 5.69 Å². The summed E-state index contributed by atoms with van der Waals surface area (Å²) in [6, 6.07) is 3.60. The lowest BCUT2D eigenvalue weighted by atomic mass is 10.1. The van der Waals surface area contributed by atoms with Crippen molar-refractivity contribution in [2.24, 2.45) is 0 Å². The number of benzene rings is 1. The fraction of sp³-hybridized carbons (Fsp3) is 0.353. The molecule has 1 aliphatic heterocycles. The summed E-state index contributed by atoms with van der Waals surface area (Å²) in [7, 11) is 2.33. The van der Waals surface area contributed by atoms with Gasteiger partial charge in [0.25, 0.3) is 0 Å². The van der Waals surface area contributed by atoms with Gasteiger partial charge in [-0.15, -0.1) is 0 Å². The molecule has 2 rings (SSSR count). The van der Waals surface area contributed by atoms with Crippen LogP contribution in [0.5, 0.6) is 0 Å². The van der Waals surface area contributed by atoms with Gasteiger partial charge in [0.1, 0.15) is 18.2 Å². The number of hydrogen-bond donors (Lipinski definition) is 0. The smallest absolute Gasteiger partial charge is 0.355 e. The van der Waals surface area contributed by atoms with Crippen molar-refractivity contribution in [3.63, 3.8) is 0 Å². The number of nitrogens with zero attached hydrogens (tertiary/aromatic N) is 1. The first-order valence-corrected chi connectivity index (χ1v) is 7.66. The molecule has 0 unspecified atom stereocenters. The van der Waals surface area contributed by atoms with Crippen molar-refractivity contribution in [3.05, 3.63) is 40.8 Å². The highest BCUT2D eigenvalue weighted by atomic mass is 19.1. The highest BCUT2D eigenvalue weighted by Gasteiger charge is 2.33. The number of methoxy groups -OCH3 is 2. The van der Waals surface area contributed by atoms with Crippen molar-refractivity contribution in [2.45, 2.75) is 6.92 Å². The number of rotatable bonds is 5. The van der Waals surface area contributed by atoms with E-state index in [1.54, 1.807) is 6.92 Å². The second kappa shape index (κ2) is 8.43. The lowest BCUT2D eigenvalue weighted by Crippen LogP contribution is -2.38. The Bertz CT molecular complexity index is 759. The molecule has 0 radical (unpaired) electrons. The molecule has 140 valence electrons. The first kappa shape index (κ1) is 19.4. The maximum atomic E-state index is 14.0. The van der Waals surface area contributed by atoms with Crippen LogP contribution in [-0.4, -0.2) is 52.1 Å². The van der Waals surface area contributed by atoms with Crippen molar-refractivity contribution < 1.29 is 37.7 Å². The first-order chi connectivity index (χ1) is 12.4. The van der Waals surface area contributed by atoms with Crippen LogP contribution in [0.4, 0.5) is 10.1 Å². The molecule has 8 nitrogen and oxygen atoms in total. The quantitative estimate of drug-likeness (QED) is 0.570. The summed E-state index contributed by atoms with van der Waals surface area (Å²) in [6.45, 7) is 1.41. The molecule has 0 amide bonds. The summed E-state index contributed by atoms with van der Waals surface area (Å²) in [4.78, 5) is 37.4. The van der Waals surface area contributed by atoms with Gasteiger partial charge in [-0.1, -0.05) is 0 Å². The predicted molar refractivity (Wildman–Crippen MR) is 86.7 cm³/mol. The zero-order valence-electron chi connectivity index (χ0n) is 14.5. The number of anilines is 1. The molecule has 26 heavy (non-hydrogen) atoms. The molecular formula is C17H18FNO7. The topological polar surface area (TPSA) is 91.4 Å². The number of halogens is 1. The van der Waals surface area contributed by atoms with Crippen LogP contribution in [0.3, 0.4) is 0 Å². The molecule has 0 fully saturated rings. The first-order valence-electron chi connectivity index (χ1n) is 7.66. The normalized spacial score (nSPS) is 14.1. The van der Waals surface area contributed by atoms with Gasteiger partial charge in [-0.2, -0.15) is 0 Å². The maximum absolute atomic E-state index is 14.0. The Morgan fingerprint density at radius 2 is 1.85 bits per heavy atom. The number of hydrogen-bond acceptors (Lipinski definition) is 8. The second-order valence-electron chi connectivity index (χ2n) is 5.10. The van der Waals surface area contributed by atoms with E-state index in [-0.39, 0.29) is 42.5 Å². The Labute approximate surface area is 149 Å². The summed E-state index contributed by atoms with van der Waals surface area (Å²) in [5.41, 5.74) is -0.214. The summed E-state index contributed by atoms with van der Waals surface area (Å²) in [5.74, 6) is -3.18. The van der Waals surface area contributed by atoms with E-state index in [9.17, 15) is 18.8 Å². The molecule has 9 heteroatoms. The molecule has 0 N–H and O–H groups in total. The summed E-state index contributed by atoms with van der Waals surface area (Å²) >= 11 is 0. The van der Waals surface area contributed by atoms with Crippen LogP contribution in [0.1, 0.15) is 17.3 Å². The maximum Gasteiger partial charge on any atom is 0.355 e. The van der Waals surface area contributed by atoms with Crippen LogP contribution in [0.2, 0.25) is 0 Å². The Balaban J connectivity index is 2.54. The van der Waals surface area contributed by atoms with E-state index >= 15 is 0 Å². The Kier molecular flexibility index (Phi) is 6.29. The Morgan fingerprint density at radius 1 is 1.15 bits per heavy atom. The van der Waals surface area contributed by atoms with Crippen molar-refractivity contribution in [1.82, 2.24) is 0 Å². The number of esters is 3. The van der Waals surface area contributed by atoms with Crippen LogP contribution in [0, 0.1) is 5.82 Å². The third-order valence-corrected chi connectivity index (χ3v) is 3.59. The summed E-state index contributed by atoms with van der Waals surface area (Å²) < 4.78 is 33.5. The van der Waals surface area contributed by atoms with Gasteiger partial charge in [-0.3, -0.25) is 0 Å². The van der Waals surface area contributed by atoms with E-state index in [1.807, 2.05) is 0 Å². The highest BCUT2D eigenvalue weighted by molar-refractivity contribution is 6.03. The number of ether oxygens (including phenoxy) is 4. The molecule has 0 aromatic heterocycles. The van der Waals surface area contributed by atoms with Crippen molar-refractivity contribution >= 4 is 23.6 Å². The standard InChI is InChI=1S/C17H18FNO7/c1-4-26-16(21)11-7-10(5-6-13(11)18)19-9-25-8-12(15(20)23-2)14(19)17(22)24-3/h5-7H,4,8-9H2,1-3H3. The van der Waals surface area contributed by atoms with Crippen LogP contribution < -0.4 is 4.90 Å². The Hall–Kier alpha value is -2.94. The van der Waals surface area contributed by atoms with Crippen molar-refractivity contribution in [3.8, 4) is 0 Å². The second-order valence-corrected chi connectivity index (χ2v) is 5.10. The molecule has 1 aromatic carbocycles. The monoisotopic (exact) mass is 367 g/mol. The minimum absolute atomic E-state index is 0.0485. The van der Waals surface area contributed by atoms with E-state index in [1.165, 1.54) is 24.1 Å². The van der Waals surface area contributed by atoms with Crippen molar-refractivity contribution in [2.75, 3.05) is 39.1 Å². The minimum atomic E-state index is -0.846. The lowest BCUT2D eigenvalue weighted by molar-refractivity contribution is -0.140. The Morgan fingerprint density at radius 3 is 2.46 bits per heavy atom. The summed E-state index contributed by atoms with van der Waals surface area (Å²) in [5, 5.41) is 0. The van der Waals surface area contributed by atoms with Crippen LogP contribution in [-0.2, 0) is 28.5 Å². The van der Waals surface area contributed by atoms with Crippen LogP contribution >= 0.6 is 0 Å². The van der Waals surface area contributed by atoms with E-state index in [2.05, 4.69) is 4.74 Å². The van der Waals surface area contributed by atoms with Gasteiger partial charge in [-0.25, -0.2) is 18.8 Å². The molecule has 0 aliphatic carbocycles. The molecular weight excluding hydrogens is 349 g/mol. The van der Waals surface area contributed by atoms with Gasteiger partial charge < -0.3 is 23.8 Å². The largest absolute Gasteiger partial charge is 0.466 e. The van der Waals surface area contributed by atoms with E-state index in [0.29, 0.717) is 0 Å². The third-order valence-electron chi connectivity index (χ3n) is 3.59. The predicted octanol–water partition coefficient (Wildman–Crippen LogP) is 1.40. The average molecular weight is 367 g/mol. The van der Waals surface area contributed by atoms with Gasteiger partial charge in [0.15, 0.2) is 0 Å². The SMILES string of the molecule is CCOC(=O)c1cc(N2COCC(C(=O)OC)=C2C(=O)OC)ccc1F. The fourth-order valence-corrected chi connectivity index (χ4v) is 2.39. The van der Waals surface area contributed by atoms with Gasteiger partial charge in [0.05, 0.1) is 38.6 Å². The third kappa shape index (κ3) is 3.83. The number of carbonyl (C=O) groups is 3. The molecule has 0 bridgehead atoms. The fourth-order valence-electron chi connectivity index (χ4n) is 2.39. The van der Waals surface area contributed by atoms with Gasteiger partial charge in [0.2, 0.25) is 0 Å².